The highest BCUT2D eigenvalue weighted by Crippen LogP contribution is 2.29. The number of aromatic amines is 1. The van der Waals surface area contributed by atoms with Crippen LogP contribution in [0, 0.1) is 6.92 Å². The summed E-state index contributed by atoms with van der Waals surface area (Å²) >= 11 is 0. The van der Waals surface area contributed by atoms with E-state index in [2.05, 4.69) is 27.4 Å². The Morgan fingerprint density at radius 2 is 2.00 bits per heavy atom. The Labute approximate surface area is 153 Å². The van der Waals surface area contributed by atoms with Crippen LogP contribution in [0.25, 0.3) is 0 Å². The molecule has 26 heavy (non-hydrogen) atoms. The summed E-state index contributed by atoms with van der Waals surface area (Å²) in [6.45, 7) is 4.57. The van der Waals surface area contributed by atoms with Crippen LogP contribution in [0.15, 0.2) is 35.5 Å². The molecule has 1 saturated heterocycles. The molecule has 6 nitrogen and oxygen atoms in total. The molecule has 2 aromatic rings. The van der Waals surface area contributed by atoms with Crippen molar-refractivity contribution >= 4 is 17.4 Å². The van der Waals surface area contributed by atoms with Gasteiger partial charge in [0.1, 0.15) is 5.84 Å². The van der Waals surface area contributed by atoms with Crippen LogP contribution in [-0.2, 0) is 0 Å². The number of rotatable bonds is 3. The van der Waals surface area contributed by atoms with Crippen LogP contribution in [0.3, 0.4) is 0 Å². The third kappa shape index (κ3) is 3.49. The molecule has 2 aliphatic heterocycles. The van der Waals surface area contributed by atoms with Gasteiger partial charge in [0.25, 0.3) is 5.91 Å². The van der Waals surface area contributed by atoms with E-state index < -0.39 is 0 Å². The Bertz CT molecular complexity index is 800. The summed E-state index contributed by atoms with van der Waals surface area (Å²) in [5.74, 6) is 1.66. The summed E-state index contributed by atoms with van der Waals surface area (Å²) in [4.78, 5) is 19.2. The number of benzene rings is 1. The second kappa shape index (κ2) is 7.32. The predicted molar refractivity (Wildman–Crippen MR) is 103 cm³/mol. The van der Waals surface area contributed by atoms with Crippen molar-refractivity contribution in [2.75, 3.05) is 25.0 Å². The fraction of sp³-hybridized carbons (Fsp3) is 0.450. The lowest BCUT2D eigenvalue weighted by atomic mass is 9.89. The second-order valence-electron chi connectivity index (χ2n) is 7.15. The molecule has 6 heteroatoms. The van der Waals surface area contributed by atoms with Crippen molar-refractivity contribution < 1.29 is 4.79 Å². The van der Waals surface area contributed by atoms with Crippen molar-refractivity contribution in [2.24, 2.45) is 4.99 Å². The maximum Gasteiger partial charge on any atom is 0.253 e. The van der Waals surface area contributed by atoms with Gasteiger partial charge in [-0.3, -0.25) is 14.9 Å². The van der Waals surface area contributed by atoms with E-state index in [1.54, 1.807) is 0 Å². The predicted octanol–water partition coefficient (Wildman–Crippen LogP) is 3.34. The van der Waals surface area contributed by atoms with E-state index in [1.807, 2.05) is 35.4 Å². The fourth-order valence-electron chi connectivity index (χ4n) is 3.85. The highest BCUT2D eigenvalue weighted by Gasteiger charge is 2.26. The van der Waals surface area contributed by atoms with Gasteiger partial charge >= 0.3 is 0 Å². The Balaban J connectivity index is 1.35. The number of anilines is 1. The third-order valence-corrected chi connectivity index (χ3v) is 5.39. The topological polar surface area (TPSA) is 73.4 Å². The number of hydrogen-bond acceptors (Lipinski definition) is 4. The molecule has 0 bridgehead atoms. The number of aromatic nitrogens is 2. The number of amidine groups is 1. The number of carbonyl (C=O) groups is 1. The zero-order valence-electron chi connectivity index (χ0n) is 15.2. The maximum absolute atomic E-state index is 12.8. The van der Waals surface area contributed by atoms with Crippen molar-refractivity contribution in [3.05, 3.63) is 47.3 Å². The highest BCUT2D eigenvalue weighted by molar-refractivity contribution is 5.98. The van der Waals surface area contributed by atoms with E-state index in [0.717, 1.165) is 68.1 Å². The monoisotopic (exact) mass is 351 g/mol. The van der Waals surface area contributed by atoms with Crippen LogP contribution in [0.2, 0.25) is 0 Å². The van der Waals surface area contributed by atoms with Gasteiger partial charge in [0.2, 0.25) is 0 Å². The van der Waals surface area contributed by atoms with Crippen LogP contribution >= 0.6 is 0 Å². The molecule has 1 aromatic carbocycles. The molecule has 1 aromatic heterocycles. The first-order valence-corrected chi connectivity index (χ1v) is 9.40. The lowest BCUT2D eigenvalue weighted by molar-refractivity contribution is 0.0713. The normalized spacial score (nSPS) is 18.0. The van der Waals surface area contributed by atoms with Gasteiger partial charge in [-0.15, -0.1) is 0 Å². The second-order valence-corrected chi connectivity index (χ2v) is 7.15. The molecule has 2 N–H and O–H groups in total. The largest absolute Gasteiger partial charge is 0.344 e. The SMILES string of the molecule is Cc1[nH]ncc1C1CCN(C(=O)c2ccc(NC3=NCCC3)cc2)CC1. The molecule has 0 radical (unpaired) electrons. The first kappa shape index (κ1) is 16.8. The third-order valence-electron chi connectivity index (χ3n) is 5.39. The number of aryl methyl sites for hydroxylation is 1. The maximum atomic E-state index is 12.8. The van der Waals surface area contributed by atoms with Gasteiger partial charge in [0, 0.05) is 43.0 Å². The van der Waals surface area contributed by atoms with Gasteiger partial charge in [-0.05, 0) is 61.9 Å². The molecule has 0 aliphatic carbocycles. The number of nitrogens with one attached hydrogen (secondary N) is 2. The number of H-pyrrole nitrogens is 1. The van der Waals surface area contributed by atoms with Crippen molar-refractivity contribution in [1.82, 2.24) is 15.1 Å². The van der Waals surface area contributed by atoms with Crippen molar-refractivity contribution in [2.45, 2.75) is 38.5 Å². The standard InChI is InChI=1S/C20H25N5O/c1-14-18(13-22-24-14)15-8-11-25(12-9-15)20(26)16-4-6-17(7-5-16)23-19-3-2-10-21-19/h4-7,13,15H,2-3,8-12H2,1H3,(H,21,23)(H,22,24). The summed E-state index contributed by atoms with van der Waals surface area (Å²) in [7, 11) is 0. The molecule has 0 atom stereocenters. The van der Waals surface area contributed by atoms with Gasteiger partial charge in [-0.1, -0.05) is 0 Å². The average Bonchev–Trinajstić information content (AvgIpc) is 3.34. The number of hydrogen-bond donors (Lipinski definition) is 2. The van der Waals surface area contributed by atoms with Gasteiger partial charge in [0.05, 0.1) is 6.20 Å². The van der Waals surface area contributed by atoms with E-state index in [9.17, 15) is 4.79 Å². The smallest absolute Gasteiger partial charge is 0.253 e. The molecular weight excluding hydrogens is 326 g/mol. The van der Waals surface area contributed by atoms with E-state index in [0.29, 0.717) is 5.92 Å². The molecule has 0 spiro atoms. The highest BCUT2D eigenvalue weighted by atomic mass is 16.2. The minimum Gasteiger partial charge on any atom is -0.344 e. The molecule has 0 saturated carbocycles. The number of carbonyl (C=O) groups excluding carboxylic acids is 1. The molecule has 2 aliphatic rings. The zero-order chi connectivity index (χ0) is 17.9. The van der Waals surface area contributed by atoms with Crippen LogP contribution in [0.1, 0.15) is 53.2 Å². The van der Waals surface area contributed by atoms with Crippen LogP contribution in [0.4, 0.5) is 5.69 Å². The number of aliphatic imine (C=N–C) groups is 1. The van der Waals surface area contributed by atoms with Crippen LogP contribution < -0.4 is 5.32 Å². The van der Waals surface area contributed by atoms with Gasteiger partial charge in [0.15, 0.2) is 0 Å². The first-order chi connectivity index (χ1) is 12.7. The molecular formula is C20H25N5O. The molecule has 1 fully saturated rings. The van der Waals surface area contributed by atoms with E-state index >= 15 is 0 Å². The quantitative estimate of drug-likeness (QED) is 0.891. The summed E-state index contributed by atoms with van der Waals surface area (Å²) in [6, 6.07) is 7.75. The molecule has 0 unspecified atom stereocenters. The summed E-state index contributed by atoms with van der Waals surface area (Å²) in [6.07, 6.45) is 6.04. The Kier molecular flexibility index (Phi) is 4.73. The van der Waals surface area contributed by atoms with Crippen molar-refractivity contribution in [3.63, 3.8) is 0 Å². The summed E-state index contributed by atoms with van der Waals surface area (Å²) in [5, 5.41) is 10.5. The molecule has 4 rings (SSSR count). The van der Waals surface area contributed by atoms with E-state index in [4.69, 9.17) is 0 Å². The minimum absolute atomic E-state index is 0.122. The molecule has 1 amide bonds. The van der Waals surface area contributed by atoms with Crippen LogP contribution in [-0.4, -0.2) is 46.5 Å². The number of amides is 1. The Morgan fingerprint density at radius 3 is 2.62 bits per heavy atom. The number of nitrogens with zero attached hydrogens (tertiary/aromatic N) is 3. The van der Waals surface area contributed by atoms with Crippen LogP contribution in [0.5, 0.6) is 0 Å². The lowest BCUT2D eigenvalue weighted by Gasteiger charge is -2.32. The average molecular weight is 351 g/mol. The summed E-state index contributed by atoms with van der Waals surface area (Å²) < 4.78 is 0. The zero-order valence-corrected chi connectivity index (χ0v) is 15.2. The fourth-order valence-corrected chi connectivity index (χ4v) is 3.85. The first-order valence-electron chi connectivity index (χ1n) is 9.40. The lowest BCUT2D eigenvalue weighted by Crippen LogP contribution is -2.38. The minimum atomic E-state index is 0.122. The number of likely N-dealkylation sites (tertiary alicyclic amines) is 1. The van der Waals surface area contributed by atoms with Gasteiger partial charge in [-0.25, -0.2) is 0 Å². The van der Waals surface area contributed by atoms with E-state index in [-0.39, 0.29) is 5.91 Å². The Hall–Kier alpha value is -2.63. The van der Waals surface area contributed by atoms with Crippen molar-refractivity contribution in [3.8, 4) is 0 Å². The van der Waals surface area contributed by atoms with E-state index in [1.165, 1.54) is 5.56 Å². The molecule has 3 heterocycles. The summed E-state index contributed by atoms with van der Waals surface area (Å²) in [5.41, 5.74) is 4.19. The van der Waals surface area contributed by atoms with Crippen molar-refractivity contribution in [1.29, 1.82) is 0 Å². The van der Waals surface area contributed by atoms with Gasteiger partial charge < -0.3 is 10.2 Å². The molecule has 136 valence electrons. The number of piperidine rings is 1. The van der Waals surface area contributed by atoms with Gasteiger partial charge in [-0.2, -0.15) is 5.10 Å². The Morgan fingerprint density at radius 1 is 1.23 bits per heavy atom.